The molecule has 3 aromatic heterocycles. The number of fused-ring (bicyclic) bond motifs is 8. The first-order valence-corrected chi connectivity index (χ1v) is 36.0. The average Bonchev–Trinajstić information content (AvgIpc) is 0.752. The number of hydrogen-bond acceptors (Lipinski definition) is 15. The summed E-state index contributed by atoms with van der Waals surface area (Å²) in [5, 5.41) is 34.2. The number of piperazine rings is 2. The van der Waals surface area contributed by atoms with E-state index in [1.54, 1.807) is 53.8 Å². The van der Waals surface area contributed by atoms with Gasteiger partial charge in [-0.2, -0.15) is 26.3 Å². The zero-order valence-corrected chi connectivity index (χ0v) is 59.7. The van der Waals surface area contributed by atoms with Crippen molar-refractivity contribution in [3.8, 4) is 11.1 Å². The zero-order chi connectivity index (χ0) is 74.1. The summed E-state index contributed by atoms with van der Waals surface area (Å²) in [6, 6.07) is 43.3. The maximum absolute atomic E-state index is 14.8. The third-order valence-electron chi connectivity index (χ3n) is 20.4. The maximum atomic E-state index is 14.8. The van der Waals surface area contributed by atoms with Gasteiger partial charge >= 0.3 is 31.5 Å². The molecule has 6 N–H and O–H groups in total. The molecule has 0 atom stereocenters. The van der Waals surface area contributed by atoms with Crippen LogP contribution in [0.15, 0.2) is 169 Å². The lowest BCUT2D eigenvalue weighted by molar-refractivity contribution is -0.137. The van der Waals surface area contributed by atoms with Gasteiger partial charge in [0.05, 0.1) is 62.8 Å². The van der Waals surface area contributed by atoms with Crippen LogP contribution in [0.25, 0.3) is 54.6 Å². The van der Waals surface area contributed by atoms with Gasteiger partial charge in [0.2, 0.25) is 11.8 Å². The topological polar surface area (TPSA) is 221 Å². The molecule has 0 radical (unpaired) electrons. The Morgan fingerprint density at radius 3 is 1.43 bits per heavy atom. The van der Waals surface area contributed by atoms with Crippen LogP contribution in [0.5, 0.6) is 0 Å². The summed E-state index contributed by atoms with van der Waals surface area (Å²) in [5.74, 6) is -0.687. The number of carbonyl (C=O) groups excluding carboxylic acids is 4. The fraction of sp³-hybridized carbons (Fsp3) is 0.312. The van der Waals surface area contributed by atoms with Gasteiger partial charge in [-0.25, -0.2) is 9.59 Å². The smallest absolute Gasteiger partial charge is 0.423 e. The third kappa shape index (κ3) is 16.1. The summed E-state index contributed by atoms with van der Waals surface area (Å²) >= 11 is 3.46. The van der Waals surface area contributed by atoms with Crippen LogP contribution in [0, 0.1) is 0 Å². The fourth-order valence-electron chi connectivity index (χ4n) is 14.7. The van der Waals surface area contributed by atoms with E-state index in [1.165, 1.54) is 24.5 Å². The summed E-state index contributed by atoms with van der Waals surface area (Å²) in [7, 11) is 2.67. The zero-order valence-electron chi connectivity index (χ0n) is 58.1. The molecule has 4 saturated heterocycles. The molecule has 106 heavy (non-hydrogen) atoms. The average molecular weight is 1510 g/mol. The van der Waals surface area contributed by atoms with Gasteiger partial charge in [0.15, 0.2) is 0 Å². The summed E-state index contributed by atoms with van der Waals surface area (Å²) in [4.78, 5) is 78.8. The predicted molar refractivity (Wildman–Crippen MR) is 406 cm³/mol. The standard InChI is InChI=1S/C39H38F3N7O2.C29H31BrF3N7O2.C9H8BNO2/c1-46-14-12-29(13-15-46)44-38(51)48-18-16-47(17-19-48)35-11-9-30(22-32(35)39(40,41)42)49-24-36(50)45-34-23-43-33-10-8-28(21-31(33)37(34)49)27-7-6-25-4-2-3-5-26(25)20-27;1-37-8-6-19(7-9-37)35-28(42)39-12-10-38(11-13-39)25-5-3-20(15-22(25)29(31,32)33)40-17-26(41)36-24-16-34-23-4-2-18(30)14-21(23)27(24)40;12-10(13)8-5-7-3-1-2-4-9(7)11-6-8/h2-11,20-23,29H,12-19,24H2,1H3,(H,44,51)(H,45,50);2-5,14-16,19H,6-13,17H2,1H3,(H,35,42)(H,36,41);1-6,12-13H. The van der Waals surface area contributed by atoms with E-state index >= 15 is 0 Å². The highest BCUT2D eigenvalue weighted by molar-refractivity contribution is 9.10. The van der Waals surface area contributed by atoms with Crippen molar-refractivity contribution in [1.82, 2.24) is 45.2 Å². The van der Waals surface area contributed by atoms with Crippen molar-refractivity contribution in [2.75, 3.05) is 136 Å². The molecular formula is C77H77BBrF6N15O6. The number of nitrogens with zero attached hydrogens (tertiary/aromatic N) is 11. The number of aromatic nitrogens is 3. The van der Waals surface area contributed by atoms with Crippen molar-refractivity contribution >= 4 is 141 Å². The molecule has 6 amide bonds. The van der Waals surface area contributed by atoms with E-state index in [-0.39, 0.29) is 98.0 Å². The lowest BCUT2D eigenvalue weighted by atomic mass is 9.81. The van der Waals surface area contributed by atoms with Crippen molar-refractivity contribution in [2.24, 2.45) is 0 Å². The van der Waals surface area contributed by atoms with Crippen LogP contribution in [-0.2, 0) is 21.9 Å². The largest absolute Gasteiger partial charge is 0.490 e. The van der Waals surface area contributed by atoms with Gasteiger partial charge in [-0.15, -0.1) is 0 Å². The molecule has 9 heterocycles. The second-order valence-electron chi connectivity index (χ2n) is 27.5. The molecule has 7 aromatic carbocycles. The molecule has 0 unspecified atom stereocenters. The van der Waals surface area contributed by atoms with E-state index in [0.717, 1.165) is 101 Å². The van der Waals surface area contributed by atoms with E-state index in [9.17, 15) is 45.5 Å². The molecule has 0 saturated carbocycles. The highest BCUT2D eigenvalue weighted by Gasteiger charge is 2.40. The number of urea groups is 2. The van der Waals surface area contributed by atoms with Crippen LogP contribution in [0.3, 0.4) is 0 Å². The molecule has 0 bridgehead atoms. The number of pyridine rings is 3. The number of nitrogens with one attached hydrogen (secondary N) is 4. The number of amides is 6. The Balaban J connectivity index is 0.000000154. The van der Waals surface area contributed by atoms with Crippen molar-refractivity contribution in [2.45, 2.75) is 50.1 Å². The summed E-state index contributed by atoms with van der Waals surface area (Å²) < 4.78 is 88.7. The number of benzene rings is 7. The van der Waals surface area contributed by atoms with Crippen molar-refractivity contribution in [1.29, 1.82) is 0 Å². The monoisotopic (exact) mass is 1510 g/mol. The van der Waals surface area contributed by atoms with Crippen LogP contribution in [0.4, 0.5) is 81.4 Å². The predicted octanol–water partition coefficient (Wildman–Crippen LogP) is 12.0. The number of rotatable bonds is 8. The number of para-hydroxylation sites is 1. The molecule has 21 nitrogen and oxygen atoms in total. The highest BCUT2D eigenvalue weighted by atomic mass is 79.9. The highest BCUT2D eigenvalue weighted by Crippen LogP contribution is 2.48. The molecule has 0 spiro atoms. The van der Waals surface area contributed by atoms with E-state index < -0.39 is 30.6 Å². The van der Waals surface area contributed by atoms with Crippen LogP contribution < -0.4 is 46.3 Å². The number of piperidine rings is 2. The third-order valence-corrected chi connectivity index (χ3v) is 20.9. The number of hydrogen-bond donors (Lipinski definition) is 6. The summed E-state index contributed by atoms with van der Waals surface area (Å²) in [5.41, 5.74) is 5.60. The Labute approximate surface area is 616 Å². The van der Waals surface area contributed by atoms with Gasteiger partial charge in [-0.3, -0.25) is 24.5 Å². The molecule has 29 heteroatoms. The second-order valence-corrected chi connectivity index (χ2v) is 28.4. The second kappa shape index (κ2) is 30.6. The van der Waals surface area contributed by atoms with Gasteiger partial charge in [0, 0.05) is 114 Å². The number of carbonyl (C=O) groups is 4. The van der Waals surface area contributed by atoms with Gasteiger partial charge in [-0.05, 0) is 172 Å². The number of anilines is 8. The van der Waals surface area contributed by atoms with E-state index in [4.69, 9.17) is 10.0 Å². The van der Waals surface area contributed by atoms with E-state index in [1.807, 2.05) is 78.9 Å². The normalized spacial score (nSPS) is 17.1. The maximum Gasteiger partial charge on any atom is 0.490 e. The van der Waals surface area contributed by atoms with Crippen LogP contribution in [-0.4, -0.2) is 193 Å². The van der Waals surface area contributed by atoms with Gasteiger partial charge in [-0.1, -0.05) is 82.7 Å². The first-order valence-electron chi connectivity index (χ1n) is 35.2. The molecule has 4 fully saturated rings. The van der Waals surface area contributed by atoms with Crippen molar-refractivity contribution < 1.29 is 55.6 Å². The van der Waals surface area contributed by atoms with Crippen molar-refractivity contribution in [3.05, 3.63) is 180 Å². The Hall–Kier alpha value is -10.3. The van der Waals surface area contributed by atoms with E-state index in [2.05, 4.69) is 100 Å². The van der Waals surface area contributed by atoms with Crippen LogP contribution in [0.2, 0.25) is 0 Å². The van der Waals surface area contributed by atoms with Crippen LogP contribution >= 0.6 is 15.9 Å². The van der Waals surface area contributed by atoms with E-state index in [0.29, 0.717) is 76.2 Å². The van der Waals surface area contributed by atoms with Crippen molar-refractivity contribution in [3.63, 3.8) is 0 Å². The first kappa shape index (κ1) is 72.6. The first-order chi connectivity index (χ1) is 50.9. The Morgan fingerprint density at radius 1 is 0.491 bits per heavy atom. The Kier molecular flexibility index (Phi) is 21.0. The van der Waals surface area contributed by atoms with Gasteiger partial charge < -0.3 is 70.5 Å². The van der Waals surface area contributed by atoms with Gasteiger partial charge in [0.1, 0.15) is 13.1 Å². The number of alkyl halides is 6. The molecule has 6 aliphatic heterocycles. The number of likely N-dealkylation sites (tertiary alicyclic amines) is 2. The number of halogens is 7. The van der Waals surface area contributed by atoms with Gasteiger partial charge in [0.25, 0.3) is 0 Å². The fourth-order valence-corrected chi connectivity index (χ4v) is 15.0. The molecule has 6 aliphatic rings. The molecule has 10 aromatic rings. The quantitative estimate of drug-likeness (QED) is 0.0615. The minimum atomic E-state index is -4.65. The molecule has 548 valence electrons. The Bertz CT molecular complexity index is 4970. The molecular weight excluding hydrogens is 1440 g/mol. The summed E-state index contributed by atoms with van der Waals surface area (Å²) in [6.07, 6.45) is -1.21. The summed E-state index contributed by atoms with van der Waals surface area (Å²) in [6.45, 7) is 5.77. The SMILES string of the molecule is CN1CCC(NC(=O)N2CCN(c3ccc(N4CC(=O)Nc5cnc6ccc(-c7ccc8ccccc8c7)cc6c54)cc3C(F)(F)F)CC2)CC1.CN1CCC(NC(=O)N2CCN(c3ccc(N4CC(=O)Nc5cnc6ccc(Br)cc6c54)cc3C(F)(F)F)CC2)CC1.OB(O)c1cnc2ccccc2c1. The molecule has 0 aliphatic carbocycles. The minimum absolute atomic E-state index is 0.0569. The Morgan fingerprint density at radius 2 is 0.934 bits per heavy atom. The minimum Gasteiger partial charge on any atom is -0.423 e. The lowest BCUT2D eigenvalue weighted by Crippen LogP contribution is -2.54. The van der Waals surface area contributed by atoms with Crippen LogP contribution in [0.1, 0.15) is 36.8 Å². The lowest BCUT2D eigenvalue weighted by Gasteiger charge is -2.39. The molecule has 16 rings (SSSR count).